The largest absolute Gasteiger partial charge is 0.339 e. The van der Waals surface area contributed by atoms with Crippen LogP contribution in [0.1, 0.15) is 53.2 Å². The van der Waals surface area contributed by atoms with Gasteiger partial charge in [-0.15, -0.1) is 0 Å². The number of nitrogens with zero attached hydrogens (tertiary/aromatic N) is 4. The van der Waals surface area contributed by atoms with E-state index in [1.54, 1.807) is 16.0 Å². The predicted octanol–water partition coefficient (Wildman–Crippen LogP) is 3.56. The third kappa shape index (κ3) is 4.16. The molecule has 1 saturated carbocycles. The van der Waals surface area contributed by atoms with Crippen molar-refractivity contribution in [1.82, 2.24) is 25.1 Å². The molecule has 0 radical (unpaired) electrons. The number of aromatic nitrogens is 2. The molecule has 3 aliphatic rings. The molecular weight excluding hydrogens is 428 g/mol. The van der Waals surface area contributed by atoms with E-state index in [9.17, 15) is 18.4 Å². The first-order valence-corrected chi connectivity index (χ1v) is 11.3. The second-order valence-corrected chi connectivity index (χ2v) is 9.55. The van der Waals surface area contributed by atoms with E-state index in [0.717, 1.165) is 37.3 Å². The number of hydrogen-bond donors (Lipinski definition) is 1. The Morgan fingerprint density at radius 3 is 2.52 bits per heavy atom. The second kappa shape index (κ2) is 8.04. The van der Waals surface area contributed by atoms with Crippen molar-refractivity contribution in [2.24, 2.45) is 11.3 Å². The number of fused-ring (bicyclic) bond motifs is 1. The van der Waals surface area contributed by atoms with Gasteiger partial charge < -0.3 is 15.1 Å². The van der Waals surface area contributed by atoms with Gasteiger partial charge in [0.1, 0.15) is 0 Å². The van der Waals surface area contributed by atoms with Crippen LogP contribution >= 0.6 is 0 Å². The molecule has 5 rings (SSSR count). The Morgan fingerprint density at radius 2 is 1.79 bits per heavy atom. The number of nitrogens with one attached hydrogen (secondary N) is 1. The molecule has 1 aliphatic carbocycles. The molecule has 33 heavy (non-hydrogen) atoms. The van der Waals surface area contributed by atoms with Crippen LogP contribution in [0, 0.1) is 11.3 Å². The lowest BCUT2D eigenvalue weighted by molar-refractivity contribution is 0.0153. The number of rotatable bonds is 4. The van der Waals surface area contributed by atoms with Gasteiger partial charge in [-0.3, -0.25) is 14.8 Å². The fourth-order valence-electron chi connectivity index (χ4n) is 5.29. The number of halogens is 2. The maximum atomic E-state index is 13.9. The molecule has 1 unspecified atom stereocenters. The molecule has 2 aliphatic heterocycles. The number of piperidine rings is 1. The molecule has 3 amide bonds. The molecule has 174 valence electrons. The minimum Gasteiger partial charge on any atom is -0.339 e. The number of alkyl halides is 2. The number of amides is 3. The lowest BCUT2D eigenvalue weighted by Crippen LogP contribution is -2.41. The highest BCUT2D eigenvalue weighted by Crippen LogP contribution is 2.59. The van der Waals surface area contributed by atoms with E-state index >= 15 is 0 Å². The molecule has 4 heterocycles. The van der Waals surface area contributed by atoms with Gasteiger partial charge in [0.25, 0.3) is 11.8 Å². The van der Waals surface area contributed by atoms with Crippen LogP contribution in [0.15, 0.2) is 36.9 Å². The SMILES string of the molecule is CC(F)(F)c1ccncc1C(=O)N1CCC2(CC1)CC2CNC(=O)N1Cc2ccncc2C1. The van der Waals surface area contributed by atoms with E-state index in [0.29, 0.717) is 38.6 Å². The summed E-state index contributed by atoms with van der Waals surface area (Å²) in [5.74, 6) is -3.10. The van der Waals surface area contributed by atoms with Crippen molar-refractivity contribution in [3.05, 3.63) is 59.2 Å². The van der Waals surface area contributed by atoms with Gasteiger partial charge in [-0.05, 0) is 53.9 Å². The molecule has 1 spiro atoms. The number of urea groups is 1. The van der Waals surface area contributed by atoms with Crippen molar-refractivity contribution in [1.29, 1.82) is 0 Å². The number of pyridine rings is 2. The van der Waals surface area contributed by atoms with E-state index in [-0.39, 0.29) is 28.5 Å². The van der Waals surface area contributed by atoms with Crippen LogP contribution in [0.4, 0.5) is 13.6 Å². The summed E-state index contributed by atoms with van der Waals surface area (Å²) in [5, 5.41) is 3.07. The number of hydrogen-bond acceptors (Lipinski definition) is 4. The van der Waals surface area contributed by atoms with Crippen LogP contribution in [0.3, 0.4) is 0 Å². The molecule has 1 N–H and O–H groups in total. The third-order valence-corrected chi connectivity index (χ3v) is 7.44. The monoisotopic (exact) mass is 455 g/mol. The van der Waals surface area contributed by atoms with E-state index in [1.165, 1.54) is 18.5 Å². The number of likely N-dealkylation sites (tertiary alicyclic amines) is 1. The summed E-state index contributed by atoms with van der Waals surface area (Å²) >= 11 is 0. The predicted molar refractivity (Wildman–Crippen MR) is 116 cm³/mol. The van der Waals surface area contributed by atoms with Crippen molar-refractivity contribution >= 4 is 11.9 Å². The molecule has 9 heteroatoms. The van der Waals surface area contributed by atoms with Crippen molar-refractivity contribution < 1.29 is 18.4 Å². The van der Waals surface area contributed by atoms with Crippen molar-refractivity contribution in [3.8, 4) is 0 Å². The summed E-state index contributed by atoms with van der Waals surface area (Å²) in [7, 11) is 0. The van der Waals surface area contributed by atoms with E-state index in [2.05, 4.69) is 15.3 Å². The summed E-state index contributed by atoms with van der Waals surface area (Å²) in [4.78, 5) is 37.0. The van der Waals surface area contributed by atoms with Crippen molar-refractivity contribution in [2.45, 2.75) is 45.2 Å². The molecule has 0 bridgehead atoms. The highest BCUT2D eigenvalue weighted by atomic mass is 19.3. The topological polar surface area (TPSA) is 78.4 Å². The highest BCUT2D eigenvalue weighted by Gasteiger charge is 2.55. The zero-order valence-corrected chi connectivity index (χ0v) is 18.6. The smallest absolute Gasteiger partial charge is 0.318 e. The minimum absolute atomic E-state index is 0.0256. The van der Waals surface area contributed by atoms with Crippen molar-refractivity contribution in [2.75, 3.05) is 19.6 Å². The Kier molecular flexibility index (Phi) is 5.29. The average Bonchev–Trinajstić information content (AvgIpc) is 3.28. The van der Waals surface area contributed by atoms with Crippen LogP contribution in [0.25, 0.3) is 0 Å². The lowest BCUT2D eigenvalue weighted by atomic mass is 9.90. The molecule has 2 aromatic heterocycles. The molecule has 1 saturated heterocycles. The third-order valence-electron chi connectivity index (χ3n) is 7.44. The van der Waals surface area contributed by atoms with Gasteiger partial charge in [-0.25, -0.2) is 13.6 Å². The van der Waals surface area contributed by atoms with Gasteiger partial charge in [-0.2, -0.15) is 0 Å². The normalized spacial score (nSPS) is 21.1. The second-order valence-electron chi connectivity index (χ2n) is 9.55. The average molecular weight is 456 g/mol. The van der Waals surface area contributed by atoms with Crippen LogP contribution in [0.2, 0.25) is 0 Å². The van der Waals surface area contributed by atoms with E-state index in [4.69, 9.17) is 0 Å². The summed E-state index contributed by atoms with van der Waals surface area (Å²) in [6.45, 7) is 3.65. The molecule has 2 aromatic rings. The maximum absolute atomic E-state index is 13.9. The lowest BCUT2D eigenvalue weighted by Gasteiger charge is -2.33. The highest BCUT2D eigenvalue weighted by molar-refractivity contribution is 5.95. The standard InChI is InChI=1S/C24H27F2N5O2/c1-23(25,26)20-3-7-28-13-19(20)21(32)30-8-4-24(5-9-30)10-18(24)12-29-22(33)31-14-16-2-6-27-11-17(16)15-31/h2-3,6-7,11,13,18H,4-5,8-10,12,14-15H2,1H3,(H,29,33). The van der Waals surface area contributed by atoms with Crippen LogP contribution < -0.4 is 5.32 Å². The fourth-order valence-corrected chi connectivity index (χ4v) is 5.29. The Labute approximate surface area is 191 Å². The first kappa shape index (κ1) is 21.7. The molecule has 7 nitrogen and oxygen atoms in total. The Morgan fingerprint density at radius 1 is 1.09 bits per heavy atom. The number of carbonyl (C=O) groups excluding carboxylic acids is 2. The minimum atomic E-state index is -3.10. The zero-order valence-electron chi connectivity index (χ0n) is 18.6. The summed E-state index contributed by atoms with van der Waals surface area (Å²) in [6, 6.07) is 3.10. The van der Waals surface area contributed by atoms with Crippen LogP contribution in [-0.2, 0) is 19.0 Å². The maximum Gasteiger partial charge on any atom is 0.318 e. The summed E-state index contributed by atoms with van der Waals surface area (Å²) < 4.78 is 27.9. The van der Waals surface area contributed by atoms with Gasteiger partial charge in [0.15, 0.2) is 0 Å². The molecular formula is C24H27F2N5O2. The first-order valence-electron chi connectivity index (χ1n) is 11.3. The van der Waals surface area contributed by atoms with Gasteiger partial charge in [0, 0.05) is 70.0 Å². The van der Waals surface area contributed by atoms with E-state index in [1.807, 2.05) is 12.3 Å². The Balaban J connectivity index is 1.12. The van der Waals surface area contributed by atoms with Gasteiger partial charge in [0.05, 0.1) is 5.56 Å². The van der Waals surface area contributed by atoms with E-state index < -0.39 is 5.92 Å². The summed E-state index contributed by atoms with van der Waals surface area (Å²) in [5.41, 5.74) is 2.05. The first-order chi connectivity index (χ1) is 15.8. The Bertz CT molecular complexity index is 1050. The van der Waals surface area contributed by atoms with Crippen LogP contribution in [-0.4, -0.2) is 51.3 Å². The van der Waals surface area contributed by atoms with Gasteiger partial charge in [0.2, 0.25) is 0 Å². The molecule has 1 atom stereocenters. The van der Waals surface area contributed by atoms with Crippen molar-refractivity contribution in [3.63, 3.8) is 0 Å². The molecule has 0 aromatic carbocycles. The van der Waals surface area contributed by atoms with Gasteiger partial charge >= 0.3 is 6.03 Å². The molecule has 2 fully saturated rings. The quantitative estimate of drug-likeness (QED) is 0.765. The fraction of sp³-hybridized carbons (Fsp3) is 0.500. The van der Waals surface area contributed by atoms with Crippen LogP contribution in [0.5, 0.6) is 0 Å². The number of carbonyl (C=O) groups is 2. The summed E-state index contributed by atoms with van der Waals surface area (Å²) in [6.07, 6.45) is 8.73. The Hall–Kier alpha value is -3.10. The van der Waals surface area contributed by atoms with Gasteiger partial charge in [-0.1, -0.05) is 0 Å². The zero-order chi connectivity index (χ0) is 23.2.